The van der Waals surface area contributed by atoms with Gasteiger partial charge in [-0.3, -0.25) is 9.59 Å². The molecule has 0 amide bonds. The quantitative estimate of drug-likeness (QED) is 0.455. The Morgan fingerprint density at radius 1 is 1.04 bits per heavy atom. The van der Waals surface area contributed by atoms with Crippen molar-refractivity contribution in [2.24, 2.45) is 5.92 Å². The van der Waals surface area contributed by atoms with E-state index in [9.17, 15) is 9.59 Å². The highest BCUT2D eigenvalue weighted by Gasteiger charge is 2.31. The summed E-state index contributed by atoms with van der Waals surface area (Å²) >= 11 is 0. The Bertz CT molecular complexity index is 559. The molecular formula is C17H24O6. The second-order valence-corrected chi connectivity index (χ2v) is 5.93. The van der Waals surface area contributed by atoms with Gasteiger partial charge >= 0.3 is 11.9 Å². The molecule has 23 heavy (non-hydrogen) atoms. The molecule has 0 radical (unpaired) electrons. The Labute approximate surface area is 136 Å². The van der Waals surface area contributed by atoms with Crippen molar-refractivity contribution in [3.63, 3.8) is 0 Å². The normalized spacial score (nSPS) is 12.3. The van der Waals surface area contributed by atoms with Crippen LogP contribution < -0.4 is 14.2 Å². The first-order valence-corrected chi connectivity index (χ1v) is 7.38. The van der Waals surface area contributed by atoms with E-state index in [1.807, 2.05) is 0 Å². The van der Waals surface area contributed by atoms with Gasteiger partial charge in [0, 0.05) is 6.07 Å². The van der Waals surface area contributed by atoms with E-state index in [1.165, 1.54) is 20.3 Å². The van der Waals surface area contributed by atoms with E-state index in [0.29, 0.717) is 17.9 Å². The van der Waals surface area contributed by atoms with E-state index in [0.717, 1.165) is 0 Å². The maximum Gasteiger partial charge on any atom is 0.325 e. The first-order valence-electron chi connectivity index (χ1n) is 7.38. The van der Waals surface area contributed by atoms with Gasteiger partial charge in [0.25, 0.3) is 0 Å². The van der Waals surface area contributed by atoms with Crippen molar-refractivity contribution in [1.82, 2.24) is 0 Å². The summed E-state index contributed by atoms with van der Waals surface area (Å²) < 4.78 is 20.8. The van der Waals surface area contributed by atoms with Crippen molar-refractivity contribution in [2.75, 3.05) is 14.2 Å². The molecule has 1 unspecified atom stereocenters. The Morgan fingerprint density at radius 2 is 1.65 bits per heavy atom. The minimum absolute atomic E-state index is 0.273. The minimum atomic E-state index is -0.970. The van der Waals surface area contributed by atoms with Crippen LogP contribution in [0, 0.1) is 5.92 Å². The summed E-state index contributed by atoms with van der Waals surface area (Å²) in [6.45, 7) is 6.97. The summed E-state index contributed by atoms with van der Waals surface area (Å²) in [4.78, 5) is 24.3. The molecular weight excluding hydrogens is 300 g/mol. The molecule has 128 valence electrons. The first kappa shape index (κ1) is 18.8. The Balaban J connectivity index is 2.86. The molecule has 1 aromatic rings. The SMILES string of the molecule is CCC(C(=O)Oc1ccc(OC)c(OC)c1)C(=O)OC(C)(C)C. The summed E-state index contributed by atoms with van der Waals surface area (Å²) in [7, 11) is 3.00. The van der Waals surface area contributed by atoms with Gasteiger partial charge in [0.05, 0.1) is 14.2 Å². The molecule has 0 aliphatic carbocycles. The molecule has 0 N–H and O–H groups in total. The van der Waals surface area contributed by atoms with Crippen LogP contribution in [-0.4, -0.2) is 31.8 Å². The molecule has 0 saturated carbocycles. The van der Waals surface area contributed by atoms with Crippen LogP contribution >= 0.6 is 0 Å². The molecule has 0 saturated heterocycles. The highest BCUT2D eigenvalue weighted by Crippen LogP contribution is 2.31. The summed E-state index contributed by atoms with van der Waals surface area (Å²) in [6, 6.07) is 4.72. The van der Waals surface area contributed by atoms with Gasteiger partial charge in [-0.1, -0.05) is 6.92 Å². The van der Waals surface area contributed by atoms with Gasteiger partial charge < -0.3 is 18.9 Å². The minimum Gasteiger partial charge on any atom is -0.493 e. The molecule has 0 aliphatic heterocycles. The number of methoxy groups -OCH3 is 2. The molecule has 0 spiro atoms. The monoisotopic (exact) mass is 324 g/mol. The third-order valence-corrected chi connectivity index (χ3v) is 2.96. The zero-order valence-electron chi connectivity index (χ0n) is 14.5. The van der Waals surface area contributed by atoms with Crippen molar-refractivity contribution in [3.8, 4) is 17.2 Å². The van der Waals surface area contributed by atoms with Gasteiger partial charge in [0.1, 0.15) is 11.4 Å². The van der Waals surface area contributed by atoms with Crippen LogP contribution in [0.5, 0.6) is 17.2 Å². The standard InChI is InChI=1S/C17H24O6/c1-7-12(16(19)23-17(2,3)4)15(18)22-11-8-9-13(20-5)14(10-11)21-6/h8-10,12H,7H2,1-6H3. The van der Waals surface area contributed by atoms with Gasteiger partial charge in [-0.05, 0) is 39.3 Å². The van der Waals surface area contributed by atoms with Gasteiger partial charge in [-0.15, -0.1) is 0 Å². The maximum absolute atomic E-state index is 12.2. The predicted molar refractivity (Wildman–Crippen MR) is 84.8 cm³/mol. The fourth-order valence-electron chi connectivity index (χ4n) is 1.87. The van der Waals surface area contributed by atoms with E-state index >= 15 is 0 Å². The lowest BCUT2D eigenvalue weighted by Gasteiger charge is -2.22. The van der Waals surface area contributed by atoms with E-state index in [2.05, 4.69) is 0 Å². The zero-order chi connectivity index (χ0) is 17.6. The van der Waals surface area contributed by atoms with Crippen molar-refractivity contribution in [3.05, 3.63) is 18.2 Å². The molecule has 6 heteroatoms. The molecule has 0 aromatic heterocycles. The third-order valence-electron chi connectivity index (χ3n) is 2.96. The van der Waals surface area contributed by atoms with Crippen LogP contribution in [0.1, 0.15) is 34.1 Å². The average Bonchev–Trinajstić information content (AvgIpc) is 2.45. The second-order valence-electron chi connectivity index (χ2n) is 5.93. The average molecular weight is 324 g/mol. The van der Waals surface area contributed by atoms with Crippen molar-refractivity contribution in [2.45, 2.75) is 39.7 Å². The van der Waals surface area contributed by atoms with Crippen LogP contribution in [0.2, 0.25) is 0 Å². The third kappa shape index (κ3) is 5.47. The predicted octanol–water partition coefficient (Wildman–Crippen LogP) is 2.98. The van der Waals surface area contributed by atoms with E-state index in [-0.39, 0.29) is 5.75 Å². The molecule has 0 fully saturated rings. The van der Waals surface area contributed by atoms with Gasteiger partial charge in [0.2, 0.25) is 0 Å². The van der Waals surface area contributed by atoms with Crippen LogP contribution in [0.25, 0.3) is 0 Å². The largest absolute Gasteiger partial charge is 0.493 e. The van der Waals surface area contributed by atoms with E-state index in [4.69, 9.17) is 18.9 Å². The summed E-state index contributed by atoms with van der Waals surface area (Å²) in [6.07, 6.45) is 0.293. The van der Waals surface area contributed by atoms with E-state index in [1.54, 1.807) is 39.8 Å². The first-order chi connectivity index (χ1) is 10.7. The van der Waals surface area contributed by atoms with Crippen LogP contribution in [0.15, 0.2) is 18.2 Å². The zero-order valence-corrected chi connectivity index (χ0v) is 14.5. The molecule has 0 bridgehead atoms. The number of carbonyl (C=O) groups excluding carboxylic acids is 2. The topological polar surface area (TPSA) is 71.1 Å². The highest BCUT2D eigenvalue weighted by atomic mass is 16.6. The molecule has 1 aromatic carbocycles. The van der Waals surface area contributed by atoms with E-state index < -0.39 is 23.5 Å². The maximum atomic E-state index is 12.2. The summed E-state index contributed by atoms with van der Waals surface area (Å²) in [5.74, 6) is -0.994. The Hall–Kier alpha value is -2.24. The second kappa shape index (κ2) is 7.85. The number of esters is 2. The number of ether oxygens (including phenoxy) is 4. The van der Waals surface area contributed by atoms with Gasteiger partial charge in [0.15, 0.2) is 17.4 Å². The van der Waals surface area contributed by atoms with Crippen molar-refractivity contribution in [1.29, 1.82) is 0 Å². The number of carbonyl (C=O) groups is 2. The lowest BCUT2D eigenvalue weighted by molar-refractivity contribution is -0.165. The fraction of sp³-hybridized carbons (Fsp3) is 0.529. The molecule has 0 aliphatic rings. The summed E-state index contributed by atoms with van der Waals surface area (Å²) in [5.41, 5.74) is -0.659. The lowest BCUT2D eigenvalue weighted by atomic mass is 10.1. The number of rotatable bonds is 6. The van der Waals surface area contributed by atoms with Crippen LogP contribution in [0.4, 0.5) is 0 Å². The molecule has 1 atom stereocenters. The Morgan fingerprint density at radius 3 is 2.13 bits per heavy atom. The number of hydrogen-bond donors (Lipinski definition) is 0. The number of hydrogen-bond acceptors (Lipinski definition) is 6. The number of benzene rings is 1. The molecule has 6 nitrogen and oxygen atoms in total. The van der Waals surface area contributed by atoms with Crippen LogP contribution in [-0.2, 0) is 14.3 Å². The van der Waals surface area contributed by atoms with Crippen LogP contribution in [0.3, 0.4) is 0 Å². The summed E-state index contributed by atoms with van der Waals surface area (Å²) in [5, 5.41) is 0. The fourth-order valence-corrected chi connectivity index (χ4v) is 1.87. The van der Waals surface area contributed by atoms with Gasteiger partial charge in [-0.25, -0.2) is 0 Å². The Kier molecular flexibility index (Phi) is 6.42. The smallest absolute Gasteiger partial charge is 0.325 e. The molecule has 0 heterocycles. The van der Waals surface area contributed by atoms with Gasteiger partial charge in [-0.2, -0.15) is 0 Å². The highest BCUT2D eigenvalue weighted by molar-refractivity contribution is 5.95. The van der Waals surface area contributed by atoms with Crippen molar-refractivity contribution >= 4 is 11.9 Å². The van der Waals surface area contributed by atoms with Crippen molar-refractivity contribution < 1.29 is 28.5 Å². The lowest BCUT2D eigenvalue weighted by Crippen LogP contribution is -2.34. The molecule has 1 rings (SSSR count).